The predicted octanol–water partition coefficient (Wildman–Crippen LogP) is 0.908. The maximum absolute atomic E-state index is 13.5. The lowest BCUT2D eigenvalue weighted by atomic mass is 10.1. The number of hydrogen-bond donors (Lipinski definition) is 2. The number of imide groups is 1. The van der Waals surface area contributed by atoms with E-state index >= 15 is 0 Å². The van der Waals surface area contributed by atoms with E-state index in [9.17, 15) is 18.8 Å². The molecule has 3 amide bonds. The van der Waals surface area contributed by atoms with Gasteiger partial charge >= 0.3 is 12.0 Å². The van der Waals surface area contributed by atoms with Crippen LogP contribution in [-0.2, 0) is 20.7 Å². The highest BCUT2D eigenvalue weighted by molar-refractivity contribution is 5.95. The lowest BCUT2D eigenvalue weighted by Gasteiger charge is -2.07. The van der Waals surface area contributed by atoms with Crippen molar-refractivity contribution in [2.24, 2.45) is 0 Å². The number of nitrogens with one attached hydrogen (secondary N) is 2. The van der Waals surface area contributed by atoms with E-state index in [2.05, 4.69) is 10.6 Å². The summed E-state index contributed by atoms with van der Waals surface area (Å²) < 4.78 is 23.0. The summed E-state index contributed by atoms with van der Waals surface area (Å²) in [5.41, 5.74) is 0.389. The maximum atomic E-state index is 13.5. The fourth-order valence-electron chi connectivity index (χ4n) is 1.80. The Balaban J connectivity index is 1.72. The Kier molecular flexibility index (Phi) is 5.51. The van der Waals surface area contributed by atoms with Crippen molar-refractivity contribution in [2.75, 3.05) is 13.7 Å². The number of urea groups is 1. The molecule has 2 N–H and O–H groups in total. The number of halogens is 1. The van der Waals surface area contributed by atoms with E-state index in [1.807, 2.05) is 0 Å². The summed E-state index contributed by atoms with van der Waals surface area (Å²) in [5.74, 6) is -1.94. The quantitative estimate of drug-likeness (QED) is 0.759. The van der Waals surface area contributed by atoms with Gasteiger partial charge in [-0.15, -0.1) is 0 Å². The predicted molar refractivity (Wildman–Crippen MR) is 77.3 cm³/mol. The molecule has 124 valence electrons. The van der Waals surface area contributed by atoms with Crippen LogP contribution in [0.3, 0.4) is 0 Å². The molecule has 1 fully saturated rings. The minimum Gasteiger partial charge on any atom is -0.494 e. The van der Waals surface area contributed by atoms with Gasteiger partial charge < -0.3 is 14.8 Å². The van der Waals surface area contributed by atoms with Gasteiger partial charge in [0.05, 0.1) is 13.5 Å². The lowest BCUT2D eigenvalue weighted by molar-refractivity contribution is -0.147. The molecule has 0 spiro atoms. The van der Waals surface area contributed by atoms with Crippen molar-refractivity contribution in [3.05, 3.63) is 29.6 Å². The summed E-state index contributed by atoms with van der Waals surface area (Å²) >= 11 is 0. The van der Waals surface area contributed by atoms with E-state index in [4.69, 9.17) is 9.47 Å². The van der Waals surface area contributed by atoms with E-state index in [1.165, 1.54) is 19.2 Å². The number of amides is 3. The monoisotopic (exact) mass is 324 g/mol. The van der Waals surface area contributed by atoms with Crippen molar-refractivity contribution in [1.29, 1.82) is 0 Å². The third kappa shape index (κ3) is 5.57. The Labute approximate surface area is 132 Å². The molecule has 23 heavy (non-hydrogen) atoms. The molecule has 0 heterocycles. The minimum atomic E-state index is -0.725. The van der Waals surface area contributed by atoms with E-state index in [0.29, 0.717) is 5.56 Å². The summed E-state index contributed by atoms with van der Waals surface area (Å²) in [6.07, 6.45) is 1.60. The van der Waals surface area contributed by atoms with E-state index in [-0.39, 0.29) is 18.2 Å². The van der Waals surface area contributed by atoms with Crippen molar-refractivity contribution in [2.45, 2.75) is 25.3 Å². The number of ether oxygens (including phenoxy) is 2. The van der Waals surface area contributed by atoms with Crippen molar-refractivity contribution in [3.63, 3.8) is 0 Å². The van der Waals surface area contributed by atoms with Crippen LogP contribution >= 0.6 is 0 Å². The smallest absolute Gasteiger partial charge is 0.321 e. The Morgan fingerprint density at radius 2 is 2.04 bits per heavy atom. The van der Waals surface area contributed by atoms with E-state index < -0.39 is 30.3 Å². The van der Waals surface area contributed by atoms with Crippen molar-refractivity contribution < 1.29 is 28.2 Å². The molecule has 0 unspecified atom stereocenters. The van der Waals surface area contributed by atoms with Crippen LogP contribution < -0.4 is 15.4 Å². The normalized spacial score (nSPS) is 13.1. The van der Waals surface area contributed by atoms with Gasteiger partial charge in [0.2, 0.25) is 0 Å². The third-order valence-electron chi connectivity index (χ3n) is 3.09. The summed E-state index contributed by atoms with van der Waals surface area (Å²) in [4.78, 5) is 34.3. The van der Waals surface area contributed by atoms with Crippen LogP contribution in [-0.4, -0.2) is 37.7 Å². The first-order valence-corrected chi connectivity index (χ1v) is 7.06. The summed E-state index contributed by atoms with van der Waals surface area (Å²) in [5, 5.41) is 4.62. The second-order valence-corrected chi connectivity index (χ2v) is 5.10. The molecular formula is C15H17FN2O5. The van der Waals surface area contributed by atoms with Crippen LogP contribution in [0.4, 0.5) is 9.18 Å². The van der Waals surface area contributed by atoms with Gasteiger partial charge in [-0.1, -0.05) is 6.07 Å². The zero-order valence-corrected chi connectivity index (χ0v) is 12.6. The molecule has 1 aromatic carbocycles. The van der Waals surface area contributed by atoms with Gasteiger partial charge in [0.15, 0.2) is 18.2 Å². The van der Waals surface area contributed by atoms with Crippen LogP contribution in [0.2, 0.25) is 0 Å². The molecule has 1 saturated carbocycles. The first kappa shape index (κ1) is 16.7. The molecule has 1 aliphatic carbocycles. The zero-order chi connectivity index (χ0) is 16.8. The third-order valence-corrected chi connectivity index (χ3v) is 3.09. The highest BCUT2D eigenvalue weighted by atomic mass is 19.1. The number of carbonyl (C=O) groups is 3. The SMILES string of the molecule is COc1ccc(CC(=O)OCC(=O)NC(=O)NC2CC2)cc1F. The Morgan fingerprint density at radius 3 is 2.65 bits per heavy atom. The topological polar surface area (TPSA) is 93.7 Å². The number of carbonyl (C=O) groups excluding carboxylic acids is 3. The van der Waals surface area contributed by atoms with Gasteiger partial charge in [0.25, 0.3) is 5.91 Å². The molecule has 0 aliphatic heterocycles. The van der Waals surface area contributed by atoms with Gasteiger partial charge in [-0.3, -0.25) is 14.9 Å². The summed E-state index contributed by atoms with van der Waals surface area (Å²) in [7, 11) is 1.34. The molecule has 1 aliphatic rings. The minimum absolute atomic E-state index is 0.0724. The van der Waals surface area contributed by atoms with Crippen molar-refractivity contribution >= 4 is 17.9 Å². The second-order valence-electron chi connectivity index (χ2n) is 5.10. The highest BCUT2D eigenvalue weighted by Crippen LogP contribution is 2.18. The van der Waals surface area contributed by atoms with Crippen LogP contribution in [0, 0.1) is 5.82 Å². The van der Waals surface area contributed by atoms with Gasteiger partial charge in [0.1, 0.15) is 0 Å². The Morgan fingerprint density at radius 1 is 1.30 bits per heavy atom. The fraction of sp³-hybridized carbons (Fsp3) is 0.400. The molecule has 1 aromatic rings. The first-order valence-electron chi connectivity index (χ1n) is 7.06. The largest absolute Gasteiger partial charge is 0.494 e. The van der Waals surface area contributed by atoms with Gasteiger partial charge in [-0.05, 0) is 30.5 Å². The van der Waals surface area contributed by atoms with E-state index in [0.717, 1.165) is 18.9 Å². The number of methoxy groups -OCH3 is 1. The summed E-state index contributed by atoms with van der Waals surface area (Å²) in [6, 6.07) is 3.59. The summed E-state index contributed by atoms with van der Waals surface area (Å²) in [6.45, 7) is -0.574. The number of hydrogen-bond acceptors (Lipinski definition) is 5. The Hall–Kier alpha value is -2.64. The van der Waals surface area contributed by atoms with E-state index in [1.54, 1.807) is 0 Å². The first-order chi connectivity index (χ1) is 11.0. The van der Waals surface area contributed by atoms with Crippen molar-refractivity contribution in [3.8, 4) is 5.75 Å². The lowest BCUT2D eigenvalue weighted by Crippen LogP contribution is -2.42. The molecule has 0 atom stereocenters. The van der Waals surface area contributed by atoms with Crippen LogP contribution in [0.25, 0.3) is 0 Å². The average molecular weight is 324 g/mol. The van der Waals surface area contributed by atoms with Crippen molar-refractivity contribution in [1.82, 2.24) is 10.6 Å². The molecule has 8 heteroatoms. The fourth-order valence-corrected chi connectivity index (χ4v) is 1.80. The maximum Gasteiger partial charge on any atom is 0.321 e. The molecule has 0 radical (unpaired) electrons. The molecule has 0 saturated heterocycles. The molecule has 0 aromatic heterocycles. The van der Waals surface area contributed by atoms with Crippen LogP contribution in [0.1, 0.15) is 18.4 Å². The van der Waals surface area contributed by atoms with Gasteiger partial charge in [-0.25, -0.2) is 9.18 Å². The average Bonchev–Trinajstić information content (AvgIpc) is 3.29. The van der Waals surface area contributed by atoms with Gasteiger partial charge in [0, 0.05) is 6.04 Å². The number of rotatable bonds is 6. The second kappa shape index (κ2) is 7.57. The number of benzene rings is 1. The van der Waals surface area contributed by atoms with Crippen LogP contribution in [0.15, 0.2) is 18.2 Å². The molecule has 2 rings (SSSR count). The van der Waals surface area contributed by atoms with Gasteiger partial charge in [-0.2, -0.15) is 0 Å². The van der Waals surface area contributed by atoms with Crippen LogP contribution in [0.5, 0.6) is 5.75 Å². The Bertz CT molecular complexity index is 616. The molecule has 0 bridgehead atoms. The molecule has 7 nitrogen and oxygen atoms in total. The standard InChI is InChI=1S/C15H17FN2O5/c1-22-12-5-2-9(6-11(12)16)7-14(20)23-8-13(19)18-15(21)17-10-3-4-10/h2,5-6,10H,3-4,7-8H2,1H3,(H2,17,18,19,21). The zero-order valence-electron chi connectivity index (χ0n) is 12.6. The highest BCUT2D eigenvalue weighted by Gasteiger charge is 2.24. The number of esters is 1. The molecular weight excluding hydrogens is 307 g/mol.